The van der Waals surface area contributed by atoms with E-state index in [4.69, 9.17) is 0 Å². The molecule has 0 aliphatic heterocycles. The molecule has 0 atom stereocenters. The van der Waals surface area contributed by atoms with Gasteiger partial charge in [-0.1, -0.05) is 12.1 Å². The molecule has 0 spiro atoms. The summed E-state index contributed by atoms with van der Waals surface area (Å²) in [5, 5.41) is 10.7. The SMILES string of the molecule is O=C(NNC(=O)c1ccc2c(c1)CCCC2)c1cccc([N+](=O)[O-])c1. The number of hydrogen-bond donors (Lipinski definition) is 2. The second-order valence-corrected chi connectivity index (χ2v) is 5.91. The van der Waals surface area contributed by atoms with E-state index in [0.717, 1.165) is 31.7 Å². The van der Waals surface area contributed by atoms with E-state index in [9.17, 15) is 19.7 Å². The third-order valence-corrected chi connectivity index (χ3v) is 4.22. The highest BCUT2D eigenvalue weighted by Gasteiger charge is 2.15. The lowest BCUT2D eigenvalue weighted by molar-refractivity contribution is -0.384. The number of fused-ring (bicyclic) bond motifs is 1. The number of hydrogen-bond acceptors (Lipinski definition) is 4. The Hall–Kier alpha value is -3.22. The third kappa shape index (κ3) is 3.82. The molecule has 1 aliphatic carbocycles. The van der Waals surface area contributed by atoms with Gasteiger partial charge in [0.15, 0.2) is 0 Å². The van der Waals surface area contributed by atoms with Crippen molar-refractivity contribution < 1.29 is 14.5 Å². The van der Waals surface area contributed by atoms with Crippen LogP contribution in [0.15, 0.2) is 42.5 Å². The van der Waals surface area contributed by atoms with E-state index in [1.165, 1.54) is 29.3 Å². The number of nitrogens with zero attached hydrogens (tertiary/aromatic N) is 1. The maximum Gasteiger partial charge on any atom is 0.270 e. The van der Waals surface area contributed by atoms with E-state index >= 15 is 0 Å². The van der Waals surface area contributed by atoms with Gasteiger partial charge in [-0.3, -0.25) is 30.6 Å². The zero-order chi connectivity index (χ0) is 17.8. The number of rotatable bonds is 3. The molecule has 2 amide bonds. The summed E-state index contributed by atoms with van der Waals surface area (Å²) < 4.78 is 0. The highest BCUT2D eigenvalue weighted by atomic mass is 16.6. The lowest BCUT2D eigenvalue weighted by Gasteiger charge is -2.16. The second-order valence-electron chi connectivity index (χ2n) is 5.91. The van der Waals surface area contributed by atoms with Gasteiger partial charge >= 0.3 is 0 Å². The van der Waals surface area contributed by atoms with Crippen molar-refractivity contribution in [1.82, 2.24) is 10.9 Å². The van der Waals surface area contributed by atoms with E-state index in [0.29, 0.717) is 5.56 Å². The Morgan fingerprint density at radius 2 is 1.52 bits per heavy atom. The van der Waals surface area contributed by atoms with Gasteiger partial charge in [-0.2, -0.15) is 0 Å². The molecule has 0 saturated carbocycles. The predicted molar refractivity (Wildman–Crippen MR) is 91.1 cm³/mol. The van der Waals surface area contributed by atoms with Crippen LogP contribution in [0.25, 0.3) is 0 Å². The first-order chi connectivity index (χ1) is 12.0. The van der Waals surface area contributed by atoms with Crippen LogP contribution in [-0.2, 0) is 12.8 Å². The Balaban J connectivity index is 1.65. The summed E-state index contributed by atoms with van der Waals surface area (Å²) in [4.78, 5) is 34.4. The number of amides is 2. The number of nitro benzene ring substituents is 1. The summed E-state index contributed by atoms with van der Waals surface area (Å²) in [6.45, 7) is 0. The van der Waals surface area contributed by atoms with E-state index in [-0.39, 0.29) is 11.3 Å². The largest absolute Gasteiger partial charge is 0.270 e. The number of hydrazine groups is 1. The van der Waals surface area contributed by atoms with Crippen molar-refractivity contribution >= 4 is 17.5 Å². The van der Waals surface area contributed by atoms with Crippen molar-refractivity contribution in [3.05, 3.63) is 74.8 Å². The first-order valence-corrected chi connectivity index (χ1v) is 8.01. The van der Waals surface area contributed by atoms with Crippen molar-refractivity contribution in [1.29, 1.82) is 0 Å². The lowest BCUT2D eigenvalue weighted by Crippen LogP contribution is -2.41. The van der Waals surface area contributed by atoms with Crippen LogP contribution >= 0.6 is 0 Å². The quantitative estimate of drug-likeness (QED) is 0.663. The molecule has 25 heavy (non-hydrogen) atoms. The average Bonchev–Trinajstić information content (AvgIpc) is 2.65. The molecule has 7 heteroatoms. The first kappa shape index (κ1) is 16.6. The molecule has 2 aromatic carbocycles. The van der Waals surface area contributed by atoms with Crippen molar-refractivity contribution in [3.63, 3.8) is 0 Å². The van der Waals surface area contributed by atoms with Gasteiger partial charge in [-0.25, -0.2) is 0 Å². The molecule has 2 aromatic rings. The van der Waals surface area contributed by atoms with Crippen LogP contribution < -0.4 is 10.9 Å². The second kappa shape index (κ2) is 7.12. The molecule has 7 nitrogen and oxygen atoms in total. The Morgan fingerprint density at radius 1 is 0.880 bits per heavy atom. The maximum absolute atomic E-state index is 12.2. The summed E-state index contributed by atoms with van der Waals surface area (Å²) in [5.74, 6) is -1.04. The van der Waals surface area contributed by atoms with Crippen LogP contribution in [-0.4, -0.2) is 16.7 Å². The van der Waals surface area contributed by atoms with Crippen LogP contribution in [0, 0.1) is 10.1 Å². The van der Waals surface area contributed by atoms with Gasteiger partial charge in [0.1, 0.15) is 0 Å². The van der Waals surface area contributed by atoms with Gasteiger partial charge in [-0.05, 0) is 55.0 Å². The minimum Gasteiger partial charge on any atom is -0.267 e. The molecule has 0 aromatic heterocycles. The molecular weight excluding hydrogens is 322 g/mol. The van der Waals surface area contributed by atoms with Crippen LogP contribution in [0.1, 0.15) is 44.7 Å². The minimum absolute atomic E-state index is 0.0972. The number of nitrogens with one attached hydrogen (secondary N) is 2. The van der Waals surface area contributed by atoms with Crippen LogP contribution in [0.5, 0.6) is 0 Å². The lowest BCUT2D eigenvalue weighted by atomic mass is 9.90. The molecule has 0 bridgehead atoms. The van der Waals surface area contributed by atoms with Gasteiger partial charge in [0.05, 0.1) is 4.92 Å². The van der Waals surface area contributed by atoms with Crippen LogP contribution in [0.4, 0.5) is 5.69 Å². The van der Waals surface area contributed by atoms with Crippen molar-refractivity contribution in [3.8, 4) is 0 Å². The summed E-state index contributed by atoms with van der Waals surface area (Å²) in [6, 6.07) is 10.8. The van der Waals surface area contributed by atoms with E-state index in [2.05, 4.69) is 10.9 Å². The van der Waals surface area contributed by atoms with Gasteiger partial charge in [0, 0.05) is 23.3 Å². The summed E-state index contributed by atoms with van der Waals surface area (Å²) >= 11 is 0. The number of carbonyl (C=O) groups excluding carboxylic acids is 2. The Morgan fingerprint density at radius 3 is 2.20 bits per heavy atom. The number of benzene rings is 2. The minimum atomic E-state index is -0.616. The van der Waals surface area contributed by atoms with E-state index in [1.54, 1.807) is 6.07 Å². The first-order valence-electron chi connectivity index (χ1n) is 8.01. The smallest absolute Gasteiger partial charge is 0.267 e. The van der Waals surface area contributed by atoms with Crippen molar-refractivity contribution in [2.45, 2.75) is 25.7 Å². The standard InChI is InChI=1S/C18H17N3O4/c22-17(14-6-3-7-16(11-14)21(24)25)19-20-18(23)15-9-8-12-4-1-2-5-13(12)10-15/h3,6-11H,1-2,4-5H2,(H,19,22)(H,20,23). The van der Waals surface area contributed by atoms with Crippen molar-refractivity contribution in [2.24, 2.45) is 0 Å². The number of nitro groups is 1. The highest BCUT2D eigenvalue weighted by molar-refractivity contribution is 5.99. The van der Waals surface area contributed by atoms with Crippen molar-refractivity contribution in [2.75, 3.05) is 0 Å². The molecule has 0 unspecified atom stereocenters. The van der Waals surface area contributed by atoms with Gasteiger partial charge in [-0.15, -0.1) is 0 Å². The normalized spacial score (nSPS) is 12.8. The predicted octanol–water partition coefficient (Wildman–Crippen LogP) is 2.55. The Bertz CT molecular complexity index is 848. The molecule has 128 valence electrons. The zero-order valence-corrected chi connectivity index (χ0v) is 13.5. The average molecular weight is 339 g/mol. The molecule has 0 fully saturated rings. The van der Waals surface area contributed by atoms with Gasteiger partial charge in [0.2, 0.25) is 0 Å². The summed E-state index contributed by atoms with van der Waals surface area (Å²) in [6.07, 6.45) is 4.26. The Kier molecular flexibility index (Phi) is 4.74. The maximum atomic E-state index is 12.2. The fraction of sp³-hybridized carbons (Fsp3) is 0.222. The molecule has 3 rings (SSSR count). The Labute approximate surface area is 144 Å². The molecular formula is C18H17N3O4. The summed E-state index contributed by atoms with van der Waals surface area (Å²) in [7, 11) is 0. The number of carbonyl (C=O) groups is 2. The topological polar surface area (TPSA) is 101 Å². The number of aryl methyl sites for hydroxylation is 2. The van der Waals surface area contributed by atoms with E-state index in [1.807, 2.05) is 12.1 Å². The number of non-ortho nitro benzene ring substituents is 1. The van der Waals surface area contributed by atoms with E-state index < -0.39 is 16.7 Å². The monoisotopic (exact) mass is 339 g/mol. The van der Waals surface area contributed by atoms with Crippen LogP contribution in [0.2, 0.25) is 0 Å². The fourth-order valence-electron chi connectivity index (χ4n) is 2.89. The molecule has 0 saturated heterocycles. The zero-order valence-electron chi connectivity index (χ0n) is 13.5. The summed E-state index contributed by atoms with van der Waals surface area (Å²) in [5.41, 5.74) is 7.45. The molecule has 2 N–H and O–H groups in total. The fourth-order valence-corrected chi connectivity index (χ4v) is 2.89. The van der Waals surface area contributed by atoms with Gasteiger partial charge < -0.3 is 0 Å². The van der Waals surface area contributed by atoms with Gasteiger partial charge in [0.25, 0.3) is 17.5 Å². The third-order valence-electron chi connectivity index (χ3n) is 4.22. The van der Waals surface area contributed by atoms with Crippen LogP contribution in [0.3, 0.4) is 0 Å². The molecule has 0 heterocycles. The highest BCUT2D eigenvalue weighted by Crippen LogP contribution is 2.22. The molecule has 0 radical (unpaired) electrons. The molecule has 1 aliphatic rings.